The number of hydrogen-bond acceptors (Lipinski definition) is 5. The normalized spacial score (nSPS) is 10.4. The largest absolute Gasteiger partial charge is 0.492 e. The highest BCUT2D eigenvalue weighted by Gasteiger charge is 2.10. The van der Waals surface area contributed by atoms with E-state index in [-0.39, 0.29) is 30.3 Å². The van der Waals surface area contributed by atoms with Crippen molar-refractivity contribution in [1.82, 2.24) is 15.1 Å². The lowest BCUT2D eigenvalue weighted by Gasteiger charge is -2.09. The molecule has 7 heteroatoms. The average Bonchev–Trinajstić information content (AvgIpc) is 3.16. The number of ether oxygens (including phenoxy) is 1. The second-order valence-electron chi connectivity index (χ2n) is 5.20. The highest BCUT2D eigenvalue weighted by Crippen LogP contribution is 2.08. The zero-order valence-corrected chi connectivity index (χ0v) is 14.2. The molecule has 128 valence electrons. The molecule has 0 fully saturated rings. The standard InChI is InChI=1S/C18H17N3O3S/c22-17-9-8-16(18(23)19-13-15-7-4-12-25-15)20-21(17)10-11-24-14-5-2-1-3-6-14/h1-9,12H,10-11,13H2,(H,19,23). The van der Waals surface area contributed by atoms with Crippen LogP contribution in [0.15, 0.2) is 64.8 Å². The quantitative estimate of drug-likeness (QED) is 0.706. The first-order chi connectivity index (χ1) is 12.2. The summed E-state index contributed by atoms with van der Waals surface area (Å²) in [6.07, 6.45) is 0. The number of para-hydroxylation sites is 1. The van der Waals surface area contributed by atoms with Crippen LogP contribution in [0.4, 0.5) is 0 Å². The lowest BCUT2D eigenvalue weighted by Crippen LogP contribution is -2.30. The molecule has 0 saturated carbocycles. The van der Waals surface area contributed by atoms with Crippen LogP contribution in [0.25, 0.3) is 0 Å². The molecule has 0 radical (unpaired) electrons. The van der Waals surface area contributed by atoms with Crippen LogP contribution in [0.5, 0.6) is 5.75 Å². The first-order valence-electron chi connectivity index (χ1n) is 7.79. The number of benzene rings is 1. The Morgan fingerprint density at radius 2 is 1.96 bits per heavy atom. The minimum Gasteiger partial charge on any atom is -0.492 e. The van der Waals surface area contributed by atoms with E-state index >= 15 is 0 Å². The summed E-state index contributed by atoms with van der Waals surface area (Å²) in [4.78, 5) is 25.1. The van der Waals surface area contributed by atoms with Gasteiger partial charge in [0.05, 0.1) is 13.1 Å². The third-order valence-corrected chi connectivity index (χ3v) is 4.29. The monoisotopic (exact) mass is 355 g/mol. The van der Waals surface area contributed by atoms with Crippen molar-refractivity contribution < 1.29 is 9.53 Å². The molecule has 0 atom stereocenters. The topological polar surface area (TPSA) is 73.2 Å². The zero-order valence-electron chi connectivity index (χ0n) is 13.4. The first kappa shape index (κ1) is 16.9. The molecule has 0 bridgehead atoms. The van der Waals surface area contributed by atoms with Crippen molar-refractivity contribution in [2.75, 3.05) is 6.61 Å². The molecule has 0 spiro atoms. The number of carbonyl (C=O) groups excluding carboxylic acids is 1. The summed E-state index contributed by atoms with van der Waals surface area (Å²) in [7, 11) is 0. The van der Waals surface area contributed by atoms with Crippen LogP contribution in [-0.4, -0.2) is 22.3 Å². The van der Waals surface area contributed by atoms with E-state index in [0.717, 1.165) is 10.6 Å². The molecule has 1 amide bonds. The third kappa shape index (κ3) is 4.77. The highest BCUT2D eigenvalue weighted by molar-refractivity contribution is 7.09. The second-order valence-corrected chi connectivity index (χ2v) is 6.24. The van der Waals surface area contributed by atoms with Gasteiger partial charge in [0, 0.05) is 10.9 Å². The van der Waals surface area contributed by atoms with Crippen LogP contribution in [0.1, 0.15) is 15.4 Å². The smallest absolute Gasteiger partial charge is 0.272 e. The molecular weight excluding hydrogens is 338 g/mol. The summed E-state index contributed by atoms with van der Waals surface area (Å²) in [5, 5.41) is 8.86. The van der Waals surface area contributed by atoms with Gasteiger partial charge in [-0.25, -0.2) is 4.68 Å². The maximum Gasteiger partial charge on any atom is 0.272 e. The molecule has 2 heterocycles. The summed E-state index contributed by atoms with van der Waals surface area (Å²) in [5.41, 5.74) is -0.0673. The van der Waals surface area contributed by atoms with E-state index in [9.17, 15) is 9.59 Å². The Kier molecular flexibility index (Phi) is 5.58. The van der Waals surface area contributed by atoms with Crippen LogP contribution >= 0.6 is 11.3 Å². The maximum atomic E-state index is 12.2. The van der Waals surface area contributed by atoms with Gasteiger partial charge in [0.2, 0.25) is 0 Å². The first-order valence-corrected chi connectivity index (χ1v) is 8.67. The molecule has 0 aliphatic carbocycles. The number of nitrogens with zero attached hydrogens (tertiary/aromatic N) is 2. The van der Waals surface area contributed by atoms with Crippen LogP contribution in [0.2, 0.25) is 0 Å². The molecule has 1 N–H and O–H groups in total. The molecule has 6 nitrogen and oxygen atoms in total. The van der Waals surface area contributed by atoms with Gasteiger partial charge in [0.15, 0.2) is 0 Å². The number of aromatic nitrogens is 2. The number of nitrogens with one attached hydrogen (secondary N) is 1. The molecule has 3 aromatic rings. The number of amides is 1. The fourth-order valence-corrected chi connectivity index (χ4v) is 2.81. The van der Waals surface area contributed by atoms with E-state index in [4.69, 9.17) is 4.74 Å². The molecule has 0 aliphatic heterocycles. The Morgan fingerprint density at radius 3 is 2.72 bits per heavy atom. The van der Waals surface area contributed by atoms with Gasteiger partial charge in [-0.05, 0) is 29.6 Å². The average molecular weight is 355 g/mol. The molecule has 25 heavy (non-hydrogen) atoms. The number of rotatable bonds is 7. The minimum atomic E-state index is -0.314. The predicted molar refractivity (Wildman–Crippen MR) is 95.9 cm³/mol. The van der Waals surface area contributed by atoms with E-state index in [2.05, 4.69) is 10.4 Å². The third-order valence-electron chi connectivity index (χ3n) is 3.42. The molecule has 1 aromatic carbocycles. The number of hydrogen-bond donors (Lipinski definition) is 1. The second kappa shape index (κ2) is 8.25. The fourth-order valence-electron chi connectivity index (χ4n) is 2.17. The van der Waals surface area contributed by atoms with E-state index in [1.54, 1.807) is 11.3 Å². The minimum absolute atomic E-state index is 0.205. The highest BCUT2D eigenvalue weighted by atomic mass is 32.1. The van der Waals surface area contributed by atoms with Crippen molar-refractivity contribution in [3.8, 4) is 5.75 Å². The fraction of sp³-hybridized carbons (Fsp3) is 0.167. The summed E-state index contributed by atoms with van der Waals surface area (Å²) in [6, 6.07) is 16.0. The molecule has 0 aliphatic rings. The van der Waals surface area contributed by atoms with E-state index in [1.807, 2.05) is 47.8 Å². The lowest BCUT2D eigenvalue weighted by atomic mass is 10.3. The van der Waals surface area contributed by atoms with Crippen LogP contribution in [-0.2, 0) is 13.1 Å². The summed E-state index contributed by atoms with van der Waals surface area (Å²) < 4.78 is 6.80. The van der Waals surface area contributed by atoms with Crippen molar-refractivity contribution >= 4 is 17.2 Å². The predicted octanol–water partition coefficient (Wildman–Crippen LogP) is 2.31. The number of thiophene rings is 1. The molecular formula is C18H17N3O3S. The van der Waals surface area contributed by atoms with Crippen LogP contribution < -0.4 is 15.6 Å². The summed E-state index contributed by atoms with van der Waals surface area (Å²) >= 11 is 1.57. The van der Waals surface area contributed by atoms with Gasteiger partial charge in [-0.3, -0.25) is 9.59 Å². The van der Waals surface area contributed by atoms with Crippen LogP contribution in [0, 0.1) is 0 Å². The van der Waals surface area contributed by atoms with Gasteiger partial charge in [-0.15, -0.1) is 11.3 Å². The van der Waals surface area contributed by atoms with Crippen molar-refractivity contribution in [1.29, 1.82) is 0 Å². The van der Waals surface area contributed by atoms with Gasteiger partial charge in [0.25, 0.3) is 11.5 Å². The molecule has 2 aromatic heterocycles. The van der Waals surface area contributed by atoms with E-state index < -0.39 is 0 Å². The Hall–Kier alpha value is -2.93. The van der Waals surface area contributed by atoms with Gasteiger partial charge in [0.1, 0.15) is 18.1 Å². The van der Waals surface area contributed by atoms with Gasteiger partial charge in [-0.1, -0.05) is 24.3 Å². The maximum absolute atomic E-state index is 12.2. The SMILES string of the molecule is O=C(NCc1cccs1)c1ccc(=O)n(CCOc2ccccc2)n1. The van der Waals surface area contributed by atoms with Gasteiger partial charge in [-0.2, -0.15) is 5.10 Å². The van der Waals surface area contributed by atoms with Crippen molar-refractivity contribution in [2.45, 2.75) is 13.1 Å². The molecule has 3 rings (SSSR count). The van der Waals surface area contributed by atoms with Crippen molar-refractivity contribution in [3.63, 3.8) is 0 Å². The van der Waals surface area contributed by atoms with Crippen molar-refractivity contribution in [2.24, 2.45) is 0 Å². The van der Waals surface area contributed by atoms with Crippen LogP contribution in [0.3, 0.4) is 0 Å². The van der Waals surface area contributed by atoms with Gasteiger partial charge < -0.3 is 10.1 Å². The van der Waals surface area contributed by atoms with E-state index in [1.165, 1.54) is 16.8 Å². The van der Waals surface area contributed by atoms with Crippen molar-refractivity contribution in [3.05, 3.63) is 80.9 Å². The molecule has 0 saturated heterocycles. The zero-order chi connectivity index (χ0) is 17.5. The lowest BCUT2D eigenvalue weighted by molar-refractivity contribution is 0.0943. The Labute approximate surface area is 148 Å². The molecule has 0 unspecified atom stereocenters. The Balaban J connectivity index is 1.59. The summed E-state index contributed by atoms with van der Waals surface area (Å²) in [6.45, 7) is 0.991. The number of carbonyl (C=O) groups is 1. The Morgan fingerprint density at radius 1 is 1.12 bits per heavy atom. The van der Waals surface area contributed by atoms with E-state index in [0.29, 0.717) is 6.54 Å². The Bertz CT molecular complexity index is 876. The summed E-state index contributed by atoms with van der Waals surface area (Å²) in [5.74, 6) is 0.409. The van der Waals surface area contributed by atoms with Gasteiger partial charge >= 0.3 is 0 Å².